The highest BCUT2D eigenvalue weighted by atomic mass is 32.1. The van der Waals surface area contributed by atoms with Crippen molar-refractivity contribution in [3.05, 3.63) is 151 Å². The highest BCUT2D eigenvalue weighted by molar-refractivity contribution is 7.21. The van der Waals surface area contributed by atoms with Gasteiger partial charge in [-0.25, -0.2) is 9.97 Å². The van der Waals surface area contributed by atoms with E-state index in [1.54, 1.807) is 11.3 Å². The van der Waals surface area contributed by atoms with Crippen molar-refractivity contribution in [3.63, 3.8) is 0 Å². The van der Waals surface area contributed by atoms with Gasteiger partial charge in [0.05, 0.1) is 40.4 Å². The fourth-order valence-corrected chi connectivity index (χ4v) is 6.26. The number of benzene rings is 5. The molecule has 1 N–H and O–H groups in total. The maximum Gasteiger partial charge on any atom is 0.125 e. The van der Waals surface area contributed by atoms with E-state index in [9.17, 15) is 5.26 Å². The van der Waals surface area contributed by atoms with Gasteiger partial charge < -0.3 is 9.88 Å². The van der Waals surface area contributed by atoms with E-state index in [2.05, 4.69) is 93.7 Å². The van der Waals surface area contributed by atoms with E-state index in [1.807, 2.05) is 61.1 Å². The smallest absolute Gasteiger partial charge is 0.125 e. The summed E-state index contributed by atoms with van der Waals surface area (Å²) in [7, 11) is 0. The number of anilines is 1. The predicted molar refractivity (Wildman–Crippen MR) is 176 cm³/mol. The molecule has 2 heterocycles. The number of para-hydroxylation sites is 1. The number of hydrogen-bond acceptors (Lipinski definition) is 5. The van der Waals surface area contributed by atoms with Gasteiger partial charge in [0.2, 0.25) is 0 Å². The predicted octanol–water partition coefficient (Wildman–Crippen LogP) is 9.03. The first-order chi connectivity index (χ1) is 21.2. The van der Waals surface area contributed by atoms with Crippen molar-refractivity contribution in [1.82, 2.24) is 14.5 Å². The van der Waals surface area contributed by atoms with Crippen molar-refractivity contribution >= 4 is 27.2 Å². The molecule has 7 rings (SSSR count). The van der Waals surface area contributed by atoms with E-state index in [4.69, 9.17) is 4.98 Å². The van der Waals surface area contributed by atoms with E-state index in [-0.39, 0.29) is 0 Å². The molecule has 5 aromatic carbocycles. The van der Waals surface area contributed by atoms with E-state index >= 15 is 0 Å². The number of aromatic nitrogens is 3. The van der Waals surface area contributed by atoms with Crippen LogP contribution < -0.4 is 5.32 Å². The third kappa shape index (κ3) is 5.67. The van der Waals surface area contributed by atoms with Crippen LogP contribution in [0.25, 0.3) is 43.0 Å². The summed E-state index contributed by atoms with van der Waals surface area (Å²) in [6.07, 6.45) is 3.81. The van der Waals surface area contributed by atoms with Crippen molar-refractivity contribution in [3.8, 4) is 38.9 Å². The summed E-state index contributed by atoms with van der Waals surface area (Å²) in [5, 5.41) is 13.9. The van der Waals surface area contributed by atoms with Crippen LogP contribution in [0.3, 0.4) is 0 Å². The Bertz CT molecular complexity index is 2020. The Morgan fingerprint density at radius 1 is 0.744 bits per heavy atom. The third-order valence-electron chi connectivity index (χ3n) is 7.55. The van der Waals surface area contributed by atoms with Crippen molar-refractivity contribution in [1.29, 1.82) is 5.26 Å². The number of nitriles is 1. The van der Waals surface area contributed by atoms with Crippen molar-refractivity contribution < 1.29 is 0 Å². The summed E-state index contributed by atoms with van der Waals surface area (Å²) in [4.78, 5) is 9.37. The first-order valence-electron chi connectivity index (χ1n) is 14.1. The lowest BCUT2D eigenvalue weighted by atomic mass is 9.98. The van der Waals surface area contributed by atoms with E-state index < -0.39 is 0 Å². The fourth-order valence-electron chi connectivity index (χ4n) is 5.25. The second-order valence-corrected chi connectivity index (χ2v) is 11.4. The molecule has 0 aliphatic heterocycles. The van der Waals surface area contributed by atoms with Gasteiger partial charge in [0, 0.05) is 24.0 Å². The largest absolute Gasteiger partial charge is 0.379 e. The molecule has 0 saturated heterocycles. The van der Waals surface area contributed by atoms with Gasteiger partial charge in [0.1, 0.15) is 5.01 Å². The number of hydrogen-bond donors (Lipinski definition) is 1. The summed E-state index contributed by atoms with van der Waals surface area (Å²) in [5.41, 5.74) is 10.6. The summed E-state index contributed by atoms with van der Waals surface area (Å²) >= 11 is 1.69. The monoisotopic (exact) mass is 573 g/mol. The molecular weight excluding hydrogens is 547 g/mol. The minimum Gasteiger partial charge on any atom is -0.379 e. The van der Waals surface area contributed by atoms with E-state index in [0.29, 0.717) is 12.1 Å². The van der Waals surface area contributed by atoms with Crippen LogP contribution >= 0.6 is 11.3 Å². The number of imidazole rings is 1. The molecule has 0 amide bonds. The molecule has 0 spiro atoms. The van der Waals surface area contributed by atoms with Gasteiger partial charge in [-0.1, -0.05) is 78.9 Å². The number of rotatable bonds is 8. The van der Waals surface area contributed by atoms with Crippen LogP contribution in [0.15, 0.2) is 134 Å². The lowest BCUT2D eigenvalue weighted by Gasteiger charge is -2.14. The van der Waals surface area contributed by atoms with Crippen LogP contribution in [0, 0.1) is 11.3 Å². The lowest BCUT2D eigenvalue weighted by molar-refractivity contribution is 0.749. The zero-order valence-corrected chi connectivity index (χ0v) is 24.1. The molecule has 206 valence electrons. The SMILES string of the molecule is N#Cc1ccc(-c2cc(NCc3cncn3Cc3ccc(-c4ccccc4)cc3)ccc2-c2nc3ccccc3s2)cc1. The van der Waals surface area contributed by atoms with Gasteiger partial charge in [0.25, 0.3) is 0 Å². The van der Waals surface area contributed by atoms with Gasteiger partial charge in [0.15, 0.2) is 0 Å². The van der Waals surface area contributed by atoms with Crippen molar-refractivity contribution in [2.24, 2.45) is 0 Å². The molecule has 0 saturated carbocycles. The zero-order valence-electron chi connectivity index (χ0n) is 23.3. The Labute approximate surface area is 254 Å². The molecule has 6 heteroatoms. The van der Waals surface area contributed by atoms with Crippen molar-refractivity contribution in [2.45, 2.75) is 13.1 Å². The Hall–Kier alpha value is -5.51. The van der Waals surface area contributed by atoms with Crippen LogP contribution in [0.5, 0.6) is 0 Å². The summed E-state index contributed by atoms with van der Waals surface area (Å²) in [6.45, 7) is 1.38. The molecule has 43 heavy (non-hydrogen) atoms. The Kier molecular flexibility index (Phi) is 7.22. The summed E-state index contributed by atoms with van der Waals surface area (Å²) in [6, 6.07) is 43.8. The minimum atomic E-state index is 0.634. The lowest BCUT2D eigenvalue weighted by Crippen LogP contribution is -2.08. The molecular formula is C37H27N5S. The van der Waals surface area contributed by atoms with Crippen LogP contribution in [0.1, 0.15) is 16.8 Å². The molecule has 0 atom stereocenters. The molecule has 5 nitrogen and oxygen atoms in total. The Morgan fingerprint density at radius 2 is 1.49 bits per heavy atom. The topological polar surface area (TPSA) is 66.5 Å². The molecule has 0 fully saturated rings. The normalized spacial score (nSPS) is 11.0. The Balaban J connectivity index is 1.13. The van der Waals surface area contributed by atoms with Crippen LogP contribution in [-0.4, -0.2) is 14.5 Å². The van der Waals surface area contributed by atoms with E-state index in [0.717, 1.165) is 49.8 Å². The second kappa shape index (κ2) is 11.8. The van der Waals surface area contributed by atoms with Crippen molar-refractivity contribution in [2.75, 3.05) is 5.32 Å². The van der Waals surface area contributed by atoms with Crippen LogP contribution in [0.4, 0.5) is 5.69 Å². The average Bonchev–Trinajstić information content (AvgIpc) is 3.71. The van der Waals surface area contributed by atoms with Gasteiger partial charge in [-0.05, 0) is 70.3 Å². The first kappa shape index (κ1) is 26.4. The van der Waals surface area contributed by atoms with Crippen LogP contribution in [-0.2, 0) is 13.1 Å². The molecule has 2 aromatic heterocycles. The number of fused-ring (bicyclic) bond motifs is 1. The van der Waals surface area contributed by atoms with Gasteiger partial charge in [-0.3, -0.25) is 0 Å². The second-order valence-electron chi connectivity index (χ2n) is 10.4. The molecule has 0 aliphatic rings. The highest BCUT2D eigenvalue weighted by Gasteiger charge is 2.14. The fraction of sp³-hybridized carbons (Fsp3) is 0.0541. The van der Waals surface area contributed by atoms with Gasteiger partial charge in [-0.2, -0.15) is 5.26 Å². The molecule has 7 aromatic rings. The first-order valence-corrected chi connectivity index (χ1v) is 14.9. The Morgan fingerprint density at radius 3 is 2.28 bits per heavy atom. The molecule has 0 unspecified atom stereocenters. The van der Waals surface area contributed by atoms with Crippen LogP contribution in [0.2, 0.25) is 0 Å². The molecule has 0 bridgehead atoms. The standard InChI is InChI=1S/C37H27N5S/c38-21-26-10-16-30(17-11-26)34-20-31(18-19-33(34)37-41-35-8-4-5-9-36(35)43-37)40-23-32-22-39-25-42(32)24-27-12-14-29(15-13-27)28-6-2-1-3-7-28/h1-20,22,25,40H,23-24H2. The summed E-state index contributed by atoms with van der Waals surface area (Å²) < 4.78 is 3.34. The molecule has 0 aliphatic carbocycles. The summed E-state index contributed by atoms with van der Waals surface area (Å²) in [5.74, 6) is 0. The maximum absolute atomic E-state index is 9.32. The average molecular weight is 574 g/mol. The van der Waals surface area contributed by atoms with E-state index in [1.165, 1.54) is 16.7 Å². The quantitative estimate of drug-likeness (QED) is 0.197. The molecule has 0 radical (unpaired) electrons. The van der Waals surface area contributed by atoms with Gasteiger partial charge >= 0.3 is 0 Å². The highest BCUT2D eigenvalue weighted by Crippen LogP contribution is 2.38. The number of nitrogens with one attached hydrogen (secondary N) is 1. The van der Waals surface area contributed by atoms with Gasteiger partial charge in [-0.15, -0.1) is 11.3 Å². The maximum atomic E-state index is 9.32. The number of nitrogens with zero attached hydrogens (tertiary/aromatic N) is 4. The zero-order chi connectivity index (χ0) is 29.0. The number of thiazole rings is 1. The minimum absolute atomic E-state index is 0.634. The third-order valence-corrected chi connectivity index (χ3v) is 8.62.